The van der Waals surface area contributed by atoms with Gasteiger partial charge < -0.3 is 4.74 Å². The maximum Gasteiger partial charge on any atom is 0.236 e. The standard InChI is InChI=1S/C16H13N3O3/c20-18(21)10-9-14-11-17-15-7-4-8-16(19(14)15)22-12-13-5-2-1-3-6-13/h1-11H,12H2/b10-9+. The third-order valence-corrected chi connectivity index (χ3v) is 3.12. The zero-order valence-electron chi connectivity index (χ0n) is 11.6. The van der Waals surface area contributed by atoms with Gasteiger partial charge in [-0.25, -0.2) is 4.98 Å². The van der Waals surface area contributed by atoms with Gasteiger partial charge >= 0.3 is 0 Å². The van der Waals surface area contributed by atoms with Crippen molar-refractivity contribution < 1.29 is 9.66 Å². The number of ether oxygens (including phenoxy) is 1. The van der Waals surface area contributed by atoms with Gasteiger partial charge in [0.15, 0.2) is 5.88 Å². The van der Waals surface area contributed by atoms with Gasteiger partial charge in [-0.1, -0.05) is 36.4 Å². The van der Waals surface area contributed by atoms with Crippen LogP contribution in [0, 0.1) is 10.1 Å². The highest BCUT2D eigenvalue weighted by atomic mass is 16.6. The maximum absolute atomic E-state index is 10.5. The molecule has 1 aromatic carbocycles. The molecule has 0 fully saturated rings. The van der Waals surface area contributed by atoms with Crippen LogP contribution in [0.2, 0.25) is 0 Å². The van der Waals surface area contributed by atoms with Crippen LogP contribution in [0.4, 0.5) is 0 Å². The van der Waals surface area contributed by atoms with E-state index < -0.39 is 4.92 Å². The van der Waals surface area contributed by atoms with E-state index in [0.717, 1.165) is 11.8 Å². The van der Waals surface area contributed by atoms with Crippen molar-refractivity contribution in [2.45, 2.75) is 6.61 Å². The van der Waals surface area contributed by atoms with Crippen LogP contribution in [0.5, 0.6) is 5.88 Å². The molecule has 0 spiro atoms. The largest absolute Gasteiger partial charge is 0.474 e. The molecule has 0 N–H and O–H groups in total. The molecule has 2 heterocycles. The second-order valence-corrected chi connectivity index (χ2v) is 4.62. The monoisotopic (exact) mass is 295 g/mol. The van der Waals surface area contributed by atoms with Crippen LogP contribution in [0.25, 0.3) is 11.7 Å². The van der Waals surface area contributed by atoms with Crippen molar-refractivity contribution in [1.29, 1.82) is 0 Å². The van der Waals surface area contributed by atoms with E-state index in [1.807, 2.05) is 42.5 Å². The molecule has 3 aromatic rings. The SMILES string of the molecule is O=[N+]([O-])/C=C/c1cnc2cccc(OCc3ccccc3)n12. The Labute approximate surface area is 126 Å². The van der Waals surface area contributed by atoms with Crippen molar-refractivity contribution >= 4 is 11.7 Å². The average Bonchev–Trinajstić information content (AvgIpc) is 2.96. The molecule has 0 aliphatic heterocycles. The van der Waals surface area contributed by atoms with E-state index in [9.17, 15) is 10.1 Å². The molecule has 110 valence electrons. The van der Waals surface area contributed by atoms with E-state index in [4.69, 9.17) is 4.74 Å². The van der Waals surface area contributed by atoms with Gasteiger partial charge in [0.25, 0.3) is 0 Å². The first-order valence-electron chi connectivity index (χ1n) is 6.69. The first kappa shape index (κ1) is 13.8. The molecule has 0 amide bonds. The summed E-state index contributed by atoms with van der Waals surface area (Å²) in [5.74, 6) is 0.585. The van der Waals surface area contributed by atoms with Gasteiger partial charge in [0.05, 0.1) is 16.8 Å². The lowest BCUT2D eigenvalue weighted by Gasteiger charge is -2.09. The molecular weight excluding hydrogens is 282 g/mol. The fourth-order valence-corrected chi connectivity index (χ4v) is 2.13. The Bertz CT molecular complexity index is 825. The second kappa shape index (κ2) is 6.09. The Kier molecular flexibility index (Phi) is 3.82. The van der Waals surface area contributed by atoms with Gasteiger partial charge in [0, 0.05) is 6.08 Å². The molecule has 6 nitrogen and oxygen atoms in total. The number of fused-ring (bicyclic) bond motifs is 1. The molecule has 0 bridgehead atoms. The summed E-state index contributed by atoms with van der Waals surface area (Å²) in [5.41, 5.74) is 2.31. The summed E-state index contributed by atoms with van der Waals surface area (Å²) in [6.45, 7) is 0.413. The van der Waals surface area contributed by atoms with Crippen molar-refractivity contribution in [3.05, 3.63) is 82.3 Å². The minimum absolute atomic E-state index is 0.413. The molecule has 0 saturated heterocycles. The second-order valence-electron chi connectivity index (χ2n) is 4.62. The number of hydrogen-bond donors (Lipinski definition) is 0. The normalized spacial score (nSPS) is 11.1. The van der Waals surface area contributed by atoms with E-state index in [0.29, 0.717) is 23.8 Å². The number of benzene rings is 1. The van der Waals surface area contributed by atoms with Crippen molar-refractivity contribution in [2.75, 3.05) is 0 Å². The number of aromatic nitrogens is 2. The Morgan fingerprint density at radius 3 is 2.77 bits per heavy atom. The van der Waals surface area contributed by atoms with Gasteiger partial charge in [0.1, 0.15) is 12.3 Å². The predicted octanol–water partition coefficient (Wildman–Crippen LogP) is 3.16. The summed E-state index contributed by atoms with van der Waals surface area (Å²) in [5, 5.41) is 10.5. The van der Waals surface area contributed by atoms with Crippen LogP contribution in [0.1, 0.15) is 11.3 Å². The maximum atomic E-state index is 10.5. The van der Waals surface area contributed by atoms with Crippen LogP contribution in [-0.4, -0.2) is 14.3 Å². The van der Waals surface area contributed by atoms with Crippen molar-refractivity contribution in [3.63, 3.8) is 0 Å². The zero-order valence-corrected chi connectivity index (χ0v) is 11.6. The van der Waals surface area contributed by atoms with Crippen molar-refractivity contribution in [1.82, 2.24) is 9.38 Å². The fraction of sp³-hybridized carbons (Fsp3) is 0.0625. The Hall–Kier alpha value is -3.15. The fourth-order valence-electron chi connectivity index (χ4n) is 2.13. The van der Waals surface area contributed by atoms with Gasteiger partial charge in [0.2, 0.25) is 6.20 Å². The van der Waals surface area contributed by atoms with E-state index >= 15 is 0 Å². The van der Waals surface area contributed by atoms with Gasteiger partial charge in [-0.05, 0) is 17.7 Å². The minimum atomic E-state index is -0.507. The van der Waals surface area contributed by atoms with E-state index in [2.05, 4.69) is 4.98 Å². The van der Waals surface area contributed by atoms with E-state index in [1.165, 1.54) is 6.08 Å². The highest BCUT2D eigenvalue weighted by molar-refractivity contribution is 5.54. The lowest BCUT2D eigenvalue weighted by atomic mass is 10.2. The van der Waals surface area contributed by atoms with Crippen LogP contribution in [0.15, 0.2) is 60.9 Å². The molecule has 2 aromatic heterocycles. The van der Waals surface area contributed by atoms with Crippen LogP contribution in [-0.2, 0) is 6.61 Å². The van der Waals surface area contributed by atoms with Crippen molar-refractivity contribution in [2.24, 2.45) is 0 Å². The van der Waals surface area contributed by atoms with Crippen LogP contribution >= 0.6 is 0 Å². The molecule has 3 rings (SSSR count). The predicted molar refractivity (Wildman–Crippen MR) is 82.0 cm³/mol. The zero-order chi connectivity index (χ0) is 15.4. The summed E-state index contributed by atoms with van der Waals surface area (Å²) in [7, 11) is 0. The lowest BCUT2D eigenvalue weighted by Crippen LogP contribution is -2.01. The quantitative estimate of drug-likeness (QED) is 0.535. The Morgan fingerprint density at radius 2 is 2.00 bits per heavy atom. The van der Waals surface area contributed by atoms with Gasteiger partial charge in [-0.2, -0.15) is 0 Å². The minimum Gasteiger partial charge on any atom is -0.474 e. The molecular formula is C16H13N3O3. The number of pyridine rings is 1. The third-order valence-electron chi connectivity index (χ3n) is 3.12. The smallest absolute Gasteiger partial charge is 0.236 e. The number of hydrogen-bond acceptors (Lipinski definition) is 4. The van der Waals surface area contributed by atoms with Crippen molar-refractivity contribution in [3.8, 4) is 5.88 Å². The van der Waals surface area contributed by atoms with E-state index in [1.54, 1.807) is 16.7 Å². The topological polar surface area (TPSA) is 69.7 Å². The van der Waals surface area contributed by atoms with Gasteiger partial charge in [-0.15, -0.1) is 0 Å². The third kappa shape index (κ3) is 2.95. The molecule has 6 heteroatoms. The highest BCUT2D eigenvalue weighted by Gasteiger charge is 2.07. The molecule has 0 atom stereocenters. The number of nitro groups is 1. The summed E-state index contributed by atoms with van der Waals surface area (Å²) in [4.78, 5) is 14.2. The highest BCUT2D eigenvalue weighted by Crippen LogP contribution is 2.19. The summed E-state index contributed by atoms with van der Waals surface area (Å²) < 4.78 is 7.57. The first-order chi connectivity index (χ1) is 10.7. The Balaban J connectivity index is 1.91. The van der Waals surface area contributed by atoms with E-state index in [-0.39, 0.29) is 0 Å². The molecule has 0 radical (unpaired) electrons. The summed E-state index contributed by atoms with van der Waals surface area (Å²) >= 11 is 0. The molecule has 0 aliphatic carbocycles. The number of imidazole rings is 1. The molecule has 0 aliphatic rings. The number of nitrogens with zero attached hydrogens (tertiary/aromatic N) is 3. The first-order valence-corrected chi connectivity index (χ1v) is 6.69. The summed E-state index contributed by atoms with van der Waals surface area (Å²) in [6, 6.07) is 15.2. The Morgan fingerprint density at radius 1 is 1.18 bits per heavy atom. The molecule has 0 saturated carbocycles. The van der Waals surface area contributed by atoms with Crippen LogP contribution < -0.4 is 4.74 Å². The van der Waals surface area contributed by atoms with Crippen LogP contribution in [0.3, 0.4) is 0 Å². The lowest BCUT2D eigenvalue weighted by molar-refractivity contribution is -0.401. The number of rotatable bonds is 5. The molecule has 22 heavy (non-hydrogen) atoms. The summed E-state index contributed by atoms with van der Waals surface area (Å²) in [6.07, 6.45) is 3.86. The average molecular weight is 295 g/mol. The van der Waals surface area contributed by atoms with Gasteiger partial charge in [-0.3, -0.25) is 14.5 Å². The molecule has 0 unspecified atom stereocenters.